The van der Waals surface area contributed by atoms with E-state index in [0.29, 0.717) is 16.3 Å². The third-order valence-corrected chi connectivity index (χ3v) is 3.47. The van der Waals surface area contributed by atoms with Crippen LogP contribution in [0.4, 0.5) is 0 Å². The fourth-order valence-corrected chi connectivity index (χ4v) is 2.29. The summed E-state index contributed by atoms with van der Waals surface area (Å²) in [5.41, 5.74) is 5.83. The molecule has 0 radical (unpaired) electrons. The lowest BCUT2D eigenvalue weighted by atomic mass is 10.0. The van der Waals surface area contributed by atoms with Crippen LogP contribution in [0.2, 0.25) is 0 Å². The van der Waals surface area contributed by atoms with Crippen molar-refractivity contribution < 1.29 is 9.21 Å². The van der Waals surface area contributed by atoms with Gasteiger partial charge in [-0.05, 0) is 47.3 Å². The largest absolute Gasteiger partial charge is 0.444 e. The highest BCUT2D eigenvalue weighted by Crippen LogP contribution is 2.22. The second kappa shape index (κ2) is 4.59. The fourth-order valence-electron chi connectivity index (χ4n) is 1.99. The molecule has 88 valence electrons. The average Bonchev–Trinajstić information content (AvgIpc) is 2.84. The van der Waals surface area contributed by atoms with E-state index in [2.05, 4.69) is 15.9 Å². The van der Waals surface area contributed by atoms with Gasteiger partial charge in [-0.15, -0.1) is 0 Å². The van der Waals surface area contributed by atoms with Crippen LogP contribution >= 0.6 is 15.9 Å². The third kappa shape index (κ3) is 2.30. The number of nitrogens with zero attached hydrogens (tertiary/aromatic N) is 1. The van der Waals surface area contributed by atoms with Crippen molar-refractivity contribution >= 4 is 21.8 Å². The second-order valence-corrected chi connectivity index (χ2v) is 5.04. The molecule has 16 heavy (non-hydrogen) atoms. The van der Waals surface area contributed by atoms with Crippen molar-refractivity contribution in [2.45, 2.75) is 19.4 Å². The van der Waals surface area contributed by atoms with Crippen molar-refractivity contribution in [2.24, 2.45) is 11.7 Å². The van der Waals surface area contributed by atoms with Crippen LogP contribution in [0.3, 0.4) is 0 Å². The topological polar surface area (TPSA) is 59.5 Å². The van der Waals surface area contributed by atoms with Crippen LogP contribution in [0.1, 0.15) is 23.9 Å². The van der Waals surface area contributed by atoms with Gasteiger partial charge in [-0.3, -0.25) is 4.79 Å². The first-order chi connectivity index (χ1) is 7.58. The Balaban J connectivity index is 2.02. The fraction of sp³-hybridized carbons (Fsp3) is 0.545. The van der Waals surface area contributed by atoms with Crippen molar-refractivity contribution in [1.82, 2.24) is 4.90 Å². The minimum absolute atomic E-state index is 0.0474. The van der Waals surface area contributed by atoms with E-state index in [1.54, 1.807) is 17.0 Å². The van der Waals surface area contributed by atoms with Crippen molar-refractivity contribution in [1.29, 1.82) is 0 Å². The number of amides is 1. The highest BCUT2D eigenvalue weighted by Gasteiger charge is 2.30. The summed E-state index contributed by atoms with van der Waals surface area (Å²) in [6.45, 7) is 3.49. The van der Waals surface area contributed by atoms with Crippen molar-refractivity contribution in [2.75, 3.05) is 13.1 Å². The predicted molar refractivity (Wildman–Crippen MR) is 64.1 cm³/mol. The summed E-state index contributed by atoms with van der Waals surface area (Å²) in [6, 6.07) is 3.55. The molecule has 5 heteroatoms. The molecule has 4 nitrogen and oxygen atoms in total. The maximum atomic E-state index is 12.0. The molecule has 2 rings (SSSR count). The molecule has 2 N–H and O–H groups in total. The van der Waals surface area contributed by atoms with Crippen LogP contribution in [0.15, 0.2) is 21.2 Å². The maximum Gasteiger partial charge on any atom is 0.289 e. The van der Waals surface area contributed by atoms with Crippen LogP contribution in [0.5, 0.6) is 0 Å². The number of carbonyl (C=O) groups excluding carboxylic acids is 1. The quantitative estimate of drug-likeness (QED) is 0.903. The summed E-state index contributed by atoms with van der Waals surface area (Å²) in [5.74, 6) is 0.744. The number of furan rings is 1. The van der Waals surface area contributed by atoms with Crippen LogP contribution in [0.25, 0.3) is 0 Å². The minimum Gasteiger partial charge on any atom is -0.444 e. The molecule has 2 heterocycles. The first-order valence-corrected chi connectivity index (χ1v) is 6.17. The molecule has 0 spiro atoms. The molecule has 1 aromatic rings. The van der Waals surface area contributed by atoms with Gasteiger partial charge >= 0.3 is 0 Å². The Kier molecular flexibility index (Phi) is 3.35. The van der Waals surface area contributed by atoms with Crippen molar-refractivity contribution in [3.8, 4) is 0 Å². The molecule has 0 aromatic carbocycles. The van der Waals surface area contributed by atoms with E-state index in [-0.39, 0.29) is 11.9 Å². The summed E-state index contributed by atoms with van der Waals surface area (Å²) in [6.07, 6.45) is 0.977. The molecule has 2 atom stereocenters. The van der Waals surface area contributed by atoms with E-state index >= 15 is 0 Å². The van der Waals surface area contributed by atoms with Gasteiger partial charge in [0.25, 0.3) is 5.91 Å². The zero-order chi connectivity index (χ0) is 11.7. The SMILES string of the molecule is CC(N)C1CCN(C(=O)c2ccc(Br)o2)C1. The number of carbonyl (C=O) groups is 1. The van der Waals surface area contributed by atoms with Gasteiger partial charge in [0.1, 0.15) is 0 Å². The molecular weight excluding hydrogens is 272 g/mol. The van der Waals surface area contributed by atoms with Gasteiger partial charge < -0.3 is 15.1 Å². The van der Waals surface area contributed by atoms with Crippen LogP contribution < -0.4 is 5.73 Å². The highest BCUT2D eigenvalue weighted by molar-refractivity contribution is 9.10. The molecule has 1 fully saturated rings. The molecule has 1 aliphatic rings. The van der Waals surface area contributed by atoms with E-state index < -0.39 is 0 Å². The summed E-state index contributed by atoms with van der Waals surface area (Å²) in [7, 11) is 0. The lowest BCUT2D eigenvalue weighted by molar-refractivity contribution is 0.0753. The Hall–Kier alpha value is -0.810. The third-order valence-electron chi connectivity index (χ3n) is 3.04. The Morgan fingerprint density at radius 3 is 2.94 bits per heavy atom. The highest BCUT2D eigenvalue weighted by atomic mass is 79.9. The Morgan fingerprint density at radius 1 is 1.69 bits per heavy atom. The smallest absolute Gasteiger partial charge is 0.289 e. The van der Waals surface area contributed by atoms with Gasteiger partial charge in [-0.1, -0.05) is 0 Å². The Morgan fingerprint density at radius 2 is 2.44 bits per heavy atom. The normalized spacial score (nSPS) is 22.4. The van der Waals surface area contributed by atoms with Gasteiger partial charge in [0.05, 0.1) is 0 Å². The number of rotatable bonds is 2. The number of likely N-dealkylation sites (tertiary alicyclic amines) is 1. The van der Waals surface area contributed by atoms with Crippen LogP contribution in [0, 0.1) is 5.92 Å². The molecule has 1 saturated heterocycles. The van der Waals surface area contributed by atoms with Gasteiger partial charge in [-0.25, -0.2) is 0 Å². The minimum atomic E-state index is -0.0474. The van der Waals surface area contributed by atoms with Crippen LogP contribution in [-0.4, -0.2) is 29.9 Å². The number of halogens is 1. The van der Waals surface area contributed by atoms with E-state index in [1.807, 2.05) is 6.92 Å². The van der Waals surface area contributed by atoms with E-state index in [0.717, 1.165) is 19.5 Å². The number of hydrogen-bond donors (Lipinski definition) is 1. The average molecular weight is 287 g/mol. The van der Waals surface area contributed by atoms with E-state index in [9.17, 15) is 4.79 Å². The van der Waals surface area contributed by atoms with Gasteiger partial charge in [-0.2, -0.15) is 0 Å². The summed E-state index contributed by atoms with van der Waals surface area (Å²) >= 11 is 3.19. The zero-order valence-corrected chi connectivity index (χ0v) is 10.7. The molecule has 0 bridgehead atoms. The van der Waals surface area contributed by atoms with E-state index in [1.165, 1.54) is 0 Å². The molecular formula is C11H15BrN2O2. The lowest BCUT2D eigenvalue weighted by Gasteiger charge is -2.16. The number of nitrogens with two attached hydrogens (primary N) is 1. The maximum absolute atomic E-state index is 12.0. The standard InChI is InChI=1S/C11H15BrN2O2/c1-7(13)8-4-5-14(6-8)11(15)9-2-3-10(12)16-9/h2-3,7-8H,4-6,13H2,1H3. The van der Waals surface area contributed by atoms with Crippen molar-refractivity contribution in [3.05, 3.63) is 22.6 Å². The summed E-state index contributed by atoms with van der Waals surface area (Å²) < 4.78 is 5.83. The van der Waals surface area contributed by atoms with Crippen molar-refractivity contribution in [3.63, 3.8) is 0 Å². The Labute approximate surface area is 103 Å². The Bertz CT molecular complexity index is 389. The molecule has 1 amide bonds. The van der Waals surface area contributed by atoms with Gasteiger partial charge in [0, 0.05) is 19.1 Å². The summed E-state index contributed by atoms with van der Waals surface area (Å²) in [5, 5.41) is 0. The monoisotopic (exact) mass is 286 g/mol. The molecule has 2 unspecified atom stereocenters. The van der Waals surface area contributed by atoms with Gasteiger partial charge in [0.15, 0.2) is 10.4 Å². The number of hydrogen-bond acceptors (Lipinski definition) is 3. The molecule has 0 saturated carbocycles. The first kappa shape index (κ1) is 11.7. The molecule has 0 aliphatic carbocycles. The second-order valence-electron chi connectivity index (χ2n) is 4.26. The predicted octanol–water partition coefficient (Wildman–Crippen LogP) is 1.85. The summed E-state index contributed by atoms with van der Waals surface area (Å²) in [4.78, 5) is 13.8. The molecule has 1 aliphatic heterocycles. The first-order valence-electron chi connectivity index (χ1n) is 5.38. The molecule has 1 aromatic heterocycles. The van der Waals surface area contributed by atoms with Crippen LogP contribution in [-0.2, 0) is 0 Å². The van der Waals surface area contributed by atoms with Gasteiger partial charge in [0.2, 0.25) is 0 Å². The zero-order valence-electron chi connectivity index (χ0n) is 9.15. The lowest BCUT2D eigenvalue weighted by Crippen LogP contribution is -2.32. The van der Waals surface area contributed by atoms with E-state index in [4.69, 9.17) is 10.2 Å².